The smallest absolute Gasteiger partial charge is 0.166 e. The minimum absolute atomic E-state index is 0.499. The monoisotopic (exact) mass is 304 g/mol. The maximum Gasteiger partial charge on any atom is 0.166 e. The van der Waals surface area contributed by atoms with E-state index in [2.05, 4.69) is 0 Å². The van der Waals surface area contributed by atoms with Gasteiger partial charge in [-0.25, -0.2) is 0 Å². The van der Waals surface area contributed by atoms with Crippen molar-refractivity contribution in [1.82, 2.24) is 0 Å². The molecule has 0 aliphatic heterocycles. The van der Waals surface area contributed by atoms with Crippen molar-refractivity contribution < 1.29 is 24.1 Å². The van der Waals surface area contributed by atoms with Crippen molar-refractivity contribution in [3.63, 3.8) is 0 Å². The molecular weight excluding hydrogens is 284 g/mol. The van der Waals surface area contributed by atoms with E-state index in [1.807, 2.05) is 0 Å². The van der Waals surface area contributed by atoms with E-state index in [0.717, 1.165) is 0 Å². The Morgan fingerprint density at radius 2 is 1.45 bits per heavy atom. The van der Waals surface area contributed by atoms with Crippen molar-refractivity contribution in [3.8, 4) is 23.0 Å². The van der Waals surface area contributed by atoms with Gasteiger partial charge in [-0.15, -0.1) is 0 Å². The first kappa shape index (κ1) is 16.0. The van der Waals surface area contributed by atoms with Crippen molar-refractivity contribution in [2.24, 2.45) is 0 Å². The number of para-hydroxylation sites is 1. The largest absolute Gasteiger partial charge is 0.497 e. The third kappa shape index (κ3) is 3.09. The molecule has 1 N–H and O–H groups in total. The van der Waals surface area contributed by atoms with E-state index in [1.165, 1.54) is 0 Å². The van der Waals surface area contributed by atoms with Gasteiger partial charge in [-0.1, -0.05) is 12.1 Å². The third-order valence-electron chi connectivity index (χ3n) is 3.42. The molecule has 0 fully saturated rings. The lowest BCUT2D eigenvalue weighted by molar-refractivity contribution is 0.212. The van der Waals surface area contributed by atoms with Crippen LogP contribution >= 0.6 is 0 Å². The van der Waals surface area contributed by atoms with Crippen LogP contribution in [-0.4, -0.2) is 33.5 Å². The van der Waals surface area contributed by atoms with Crippen molar-refractivity contribution in [3.05, 3.63) is 47.5 Å². The SMILES string of the molecule is COc1cc(OC)cc([C@H](O)c2cccc(OC)c2OC)c1. The van der Waals surface area contributed by atoms with Crippen LogP contribution in [0.15, 0.2) is 36.4 Å². The number of aliphatic hydroxyl groups excluding tert-OH is 1. The Morgan fingerprint density at radius 3 is 1.95 bits per heavy atom. The normalized spacial score (nSPS) is 11.7. The Kier molecular flexibility index (Phi) is 5.12. The van der Waals surface area contributed by atoms with Gasteiger partial charge in [0, 0.05) is 11.6 Å². The average molecular weight is 304 g/mol. The molecule has 0 aromatic heterocycles. The number of methoxy groups -OCH3 is 4. The van der Waals surface area contributed by atoms with Crippen LogP contribution in [0.2, 0.25) is 0 Å². The van der Waals surface area contributed by atoms with E-state index in [0.29, 0.717) is 34.1 Å². The molecule has 0 aliphatic rings. The first-order valence-electron chi connectivity index (χ1n) is 6.76. The Balaban J connectivity index is 2.50. The van der Waals surface area contributed by atoms with Crippen molar-refractivity contribution in [2.45, 2.75) is 6.10 Å². The highest BCUT2D eigenvalue weighted by atomic mass is 16.5. The second-order valence-electron chi connectivity index (χ2n) is 4.63. The minimum atomic E-state index is -0.894. The molecule has 5 heteroatoms. The lowest BCUT2D eigenvalue weighted by Gasteiger charge is -2.18. The molecule has 0 amide bonds. The van der Waals surface area contributed by atoms with Gasteiger partial charge in [0.05, 0.1) is 28.4 Å². The molecule has 0 bridgehead atoms. The molecule has 0 unspecified atom stereocenters. The fraction of sp³-hybridized carbons (Fsp3) is 0.294. The van der Waals surface area contributed by atoms with E-state index in [-0.39, 0.29) is 0 Å². The number of ether oxygens (including phenoxy) is 4. The molecule has 22 heavy (non-hydrogen) atoms. The summed E-state index contributed by atoms with van der Waals surface area (Å²) in [5.74, 6) is 2.28. The standard InChI is InChI=1S/C17H20O5/c1-19-12-8-11(9-13(10-12)20-2)16(18)14-6-5-7-15(21-3)17(14)22-4/h5-10,16,18H,1-4H3/t16-/m0/s1. The van der Waals surface area contributed by atoms with Gasteiger partial charge in [0.2, 0.25) is 0 Å². The highest BCUT2D eigenvalue weighted by Gasteiger charge is 2.20. The van der Waals surface area contributed by atoms with Crippen LogP contribution in [0.1, 0.15) is 17.2 Å². The summed E-state index contributed by atoms with van der Waals surface area (Å²) in [4.78, 5) is 0. The third-order valence-corrected chi connectivity index (χ3v) is 3.42. The van der Waals surface area contributed by atoms with Gasteiger partial charge in [-0.2, -0.15) is 0 Å². The van der Waals surface area contributed by atoms with E-state index >= 15 is 0 Å². The van der Waals surface area contributed by atoms with Crippen LogP contribution in [0.5, 0.6) is 23.0 Å². The molecule has 0 radical (unpaired) electrons. The van der Waals surface area contributed by atoms with Gasteiger partial charge in [0.25, 0.3) is 0 Å². The molecule has 2 aromatic carbocycles. The first-order chi connectivity index (χ1) is 10.6. The summed E-state index contributed by atoms with van der Waals surface area (Å²) in [7, 11) is 6.23. The van der Waals surface area contributed by atoms with Gasteiger partial charge in [0.15, 0.2) is 11.5 Å². The van der Waals surface area contributed by atoms with E-state index in [9.17, 15) is 5.11 Å². The zero-order valence-corrected chi connectivity index (χ0v) is 13.1. The predicted molar refractivity (Wildman–Crippen MR) is 83.2 cm³/mol. The second kappa shape index (κ2) is 7.04. The molecule has 0 spiro atoms. The number of aliphatic hydroxyl groups is 1. The van der Waals surface area contributed by atoms with E-state index in [1.54, 1.807) is 64.8 Å². The van der Waals surface area contributed by atoms with Crippen LogP contribution in [-0.2, 0) is 0 Å². The molecule has 0 aliphatic carbocycles. The Labute approximate surface area is 130 Å². The Morgan fingerprint density at radius 1 is 0.818 bits per heavy atom. The van der Waals surface area contributed by atoms with Gasteiger partial charge >= 0.3 is 0 Å². The molecule has 2 rings (SSSR count). The van der Waals surface area contributed by atoms with Crippen LogP contribution in [0.4, 0.5) is 0 Å². The van der Waals surface area contributed by atoms with Gasteiger partial charge in [-0.3, -0.25) is 0 Å². The summed E-state index contributed by atoms with van der Waals surface area (Å²) in [6, 6.07) is 10.6. The molecular formula is C17H20O5. The number of benzene rings is 2. The summed E-state index contributed by atoms with van der Waals surface area (Å²) < 4.78 is 21.1. The van der Waals surface area contributed by atoms with Gasteiger partial charge in [-0.05, 0) is 23.8 Å². The topological polar surface area (TPSA) is 57.2 Å². The summed E-state index contributed by atoms with van der Waals surface area (Å²) >= 11 is 0. The van der Waals surface area contributed by atoms with E-state index < -0.39 is 6.10 Å². The molecule has 118 valence electrons. The zero-order valence-electron chi connectivity index (χ0n) is 13.1. The maximum absolute atomic E-state index is 10.7. The molecule has 0 saturated heterocycles. The van der Waals surface area contributed by atoms with Crippen LogP contribution < -0.4 is 18.9 Å². The lowest BCUT2D eigenvalue weighted by atomic mass is 9.99. The van der Waals surface area contributed by atoms with Crippen molar-refractivity contribution in [2.75, 3.05) is 28.4 Å². The molecule has 2 aromatic rings. The highest BCUT2D eigenvalue weighted by Crippen LogP contribution is 2.38. The summed E-state index contributed by atoms with van der Waals surface area (Å²) in [6.45, 7) is 0. The molecule has 0 saturated carbocycles. The second-order valence-corrected chi connectivity index (χ2v) is 4.63. The van der Waals surface area contributed by atoms with Crippen LogP contribution in [0.25, 0.3) is 0 Å². The van der Waals surface area contributed by atoms with Crippen molar-refractivity contribution >= 4 is 0 Å². The molecule has 0 heterocycles. The Hall–Kier alpha value is -2.40. The zero-order chi connectivity index (χ0) is 16.1. The first-order valence-corrected chi connectivity index (χ1v) is 6.76. The average Bonchev–Trinajstić information content (AvgIpc) is 2.59. The number of rotatable bonds is 6. The van der Waals surface area contributed by atoms with Gasteiger partial charge < -0.3 is 24.1 Å². The van der Waals surface area contributed by atoms with Crippen LogP contribution in [0, 0.1) is 0 Å². The lowest BCUT2D eigenvalue weighted by Crippen LogP contribution is -2.04. The summed E-state index contributed by atoms with van der Waals surface area (Å²) in [5.41, 5.74) is 1.25. The molecule has 1 atom stereocenters. The fourth-order valence-corrected chi connectivity index (χ4v) is 2.29. The van der Waals surface area contributed by atoms with Gasteiger partial charge in [0.1, 0.15) is 17.6 Å². The summed E-state index contributed by atoms with van der Waals surface area (Å²) in [6.07, 6.45) is -0.894. The molecule has 5 nitrogen and oxygen atoms in total. The van der Waals surface area contributed by atoms with Crippen LogP contribution in [0.3, 0.4) is 0 Å². The van der Waals surface area contributed by atoms with Crippen molar-refractivity contribution in [1.29, 1.82) is 0 Å². The fourth-order valence-electron chi connectivity index (χ4n) is 2.29. The maximum atomic E-state index is 10.7. The van der Waals surface area contributed by atoms with E-state index in [4.69, 9.17) is 18.9 Å². The Bertz CT molecular complexity index is 617. The predicted octanol–water partition coefficient (Wildman–Crippen LogP) is 2.80. The quantitative estimate of drug-likeness (QED) is 0.889. The number of hydrogen-bond acceptors (Lipinski definition) is 5. The summed E-state index contributed by atoms with van der Waals surface area (Å²) in [5, 5.41) is 10.7. The number of hydrogen-bond donors (Lipinski definition) is 1. The highest BCUT2D eigenvalue weighted by molar-refractivity contribution is 5.51. The minimum Gasteiger partial charge on any atom is -0.497 e.